The number of anilines is 1. The SMILES string of the molecule is Cc1nc2nc(N3CCO[C@H](c4cnn(C5CC5)c4)C3)nc([C@@H]3CC4(C(F)(F)F)CC3C4)c2nc1C. The van der Waals surface area contributed by atoms with Gasteiger partial charge in [-0.3, -0.25) is 4.68 Å². The third-order valence-corrected chi connectivity index (χ3v) is 8.66. The van der Waals surface area contributed by atoms with Crippen molar-refractivity contribution >= 4 is 17.1 Å². The molecule has 4 aliphatic carbocycles. The van der Waals surface area contributed by atoms with Crippen LogP contribution in [0.25, 0.3) is 11.2 Å². The van der Waals surface area contributed by atoms with Crippen molar-refractivity contribution in [3.63, 3.8) is 0 Å². The smallest absolute Gasteiger partial charge is 0.370 e. The van der Waals surface area contributed by atoms with Crippen LogP contribution >= 0.6 is 0 Å². The van der Waals surface area contributed by atoms with Crippen molar-refractivity contribution in [1.29, 1.82) is 0 Å². The van der Waals surface area contributed by atoms with E-state index in [0.29, 0.717) is 48.5 Å². The molecule has 8 rings (SSSR count). The zero-order valence-electron chi connectivity index (χ0n) is 20.3. The number of hydrogen-bond acceptors (Lipinski definition) is 7. The Morgan fingerprint density at radius 2 is 1.81 bits per heavy atom. The second-order valence-corrected chi connectivity index (χ2v) is 11.0. The molecule has 0 unspecified atom stereocenters. The Hall–Kier alpha value is -2.82. The van der Waals surface area contributed by atoms with Gasteiger partial charge in [0.05, 0.1) is 47.9 Å². The van der Waals surface area contributed by atoms with E-state index >= 15 is 0 Å². The standard InChI is InChI=1S/C25H28F3N7O/c1-13-14(2)31-22-21(30-13)20(18-9-24(25(26,27)28)7-15(18)8-24)32-23(33-22)34-5-6-36-19(12-34)16-10-29-35(11-16)17-3-4-17/h10-11,15,17-19H,3-9,12H2,1-2H3/t15?,18-,19+,24?/m1/s1. The summed E-state index contributed by atoms with van der Waals surface area (Å²) in [5.74, 6) is 0.163. The van der Waals surface area contributed by atoms with Gasteiger partial charge in [0.25, 0.3) is 0 Å². The van der Waals surface area contributed by atoms with Crippen molar-refractivity contribution in [2.75, 3.05) is 24.6 Å². The van der Waals surface area contributed by atoms with Crippen molar-refractivity contribution < 1.29 is 17.9 Å². The largest absolute Gasteiger partial charge is 0.394 e. The Balaban J connectivity index is 1.25. The van der Waals surface area contributed by atoms with Gasteiger partial charge in [0.1, 0.15) is 11.6 Å². The van der Waals surface area contributed by atoms with E-state index in [1.165, 1.54) is 0 Å². The van der Waals surface area contributed by atoms with Gasteiger partial charge >= 0.3 is 6.18 Å². The molecule has 1 aliphatic heterocycles. The number of halogens is 3. The average molecular weight is 500 g/mol. The van der Waals surface area contributed by atoms with E-state index in [0.717, 1.165) is 29.8 Å². The molecular weight excluding hydrogens is 471 g/mol. The molecule has 3 aromatic rings. The summed E-state index contributed by atoms with van der Waals surface area (Å²) in [6.45, 7) is 5.37. The summed E-state index contributed by atoms with van der Waals surface area (Å²) < 4.78 is 49.6. The van der Waals surface area contributed by atoms with Crippen LogP contribution in [0.3, 0.4) is 0 Å². The summed E-state index contributed by atoms with van der Waals surface area (Å²) in [7, 11) is 0. The monoisotopic (exact) mass is 499 g/mol. The fourth-order valence-electron chi connectivity index (χ4n) is 6.26. The quantitative estimate of drug-likeness (QED) is 0.519. The Bertz CT molecular complexity index is 1350. The van der Waals surface area contributed by atoms with E-state index in [-0.39, 0.29) is 37.2 Å². The lowest BCUT2D eigenvalue weighted by Crippen LogP contribution is -2.42. The number of alkyl halides is 3. The van der Waals surface area contributed by atoms with Gasteiger partial charge in [-0.25, -0.2) is 15.0 Å². The maximum Gasteiger partial charge on any atom is 0.394 e. The van der Waals surface area contributed by atoms with Crippen LogP contribution in [0.5, 0.6) is 0 Å². The number of hydrogen-bond donors (Lipinski definition) is 0. The fraction of sp³-hybridized carbons (Fsp3) is 0.640. The van der Waals surface area contributed by atoms with Crippen molar-refractivity contribution in [2.24, 2.45) is 11.3 Å². The third kappa shape index (κ3) is 3.42. The van der Waals surface area contributed by atoms with Gasteiger partial charge in [-0.2, -0.15) is 23.3 Å². The minimum absolute atomic E-state index is 0.0355. The van der Waals surface area contributed by atoms with Crippen LogP contribution in [-0.4, -0.2) is 55.6 Å². The molecule has 0 amide bonds. The van der Waals surface area contributed by atoms with Gasteiger partial charge in [0.15, 0.2) is 5.65 Å². The van der Waals surface area contributed by atoms with Crippen LogP contribution in [0.2, 0.25) is 0 Å². The normalized spacial score (nSPS) is 30.1. The summed E-state index contributed by atoms with van der Waals surface area (Å²) >= 11 is 0. The van der Waals surface area contributed by atoms with Crippen LogP contribution in [0.1, 0.15) is 72.8 Å². The van der Waals surface area contributed by atoms with Gasteiger partial charge in [0, 0.05) is 24.2 Å². The summed E-state index contributed by atoms with van der Waals surface area (Å²) in [5.41, 5.74) is 2.54. The molecule has 190 valence electrons. The van der Waals surface area contributed by atoms with Crippen LogP contribution in [0.4, 0.5) is 19.1 Å². The number of rotatable bonds is 4. The zero-order valence-corrected chi connectivity index (χ0v) is 20.3. The minimum atomic E-state index is -4.19. The second-order valence-electron chi connectivity index (χ2n) is 11.0. The van der Waals surface area contributed by atoms with Crippen LogP contribution < -0.4 is 4.90 Å². The number of fused-ring (bicyclic) bond motifs is 2. The number of aromatic nitrogens is 6. The van der Waals surface area contributed by atoms with Gasteiger partial charge in [0.2, 0.25) is 5.95 Å². The van der Waals surface area contributed by atoms with Crippen molar-refractivity contribution in [3.8, 4) is 0 Å². The van der Waals surface area contributed by atoms with Gasteiger partial charge in [-0.15, -0.1) is 0 Å². The molecule has 5 fully saturated rings. The Labute approximate surface area is 206 Å². The predicted molar refractivity (Wildman–Crippen MR) is 125 cm³/mol. The molecule has 8 nitrogen and oxygen atoms in total. The van der Waals surface area contributed by atoms with Crippen LogP contribution in [0, 0.1) is 25.2 Å². The molecule has 0 spiro atoms. The van der Waals surface area contributed by atoms with E-state index in [1.54, 1.807) is 0 Å². The highest BCUT2D eigenvalue weighted by Gasteiger charge is 2.69. The molecular formula is C25H28F3N7O. The van der Waals surface area contributed by atoms with Gasteiger partial charge < -0.3 is 9.64 Å². The van der Waals surface area contributed by atoms with E-state index < -0.39 is 11.6 Å². The van der Waals surface area contributed by atoms with E-state index in [9.17, 15) is 13.2 Å². The zero-order chi connectivity index (χ0) is 24.8. The summed E-state index contributed by atoms with van der Waals surface area (Å²) in [4.78, 5) is 21.1. The van der Waals surface area contributed by atoms with E-state index in [2.05, 4.69) is 21.2 Å². The molecule has 4 heterocycles. The molecule has 0 N–H and O–H groups in total. The highest BCUT2D eigenvalue weighted by Crippen LogP contribution is 2.70. The van der Waals surface area contributed by atoms with E-state index in [1.807, 2.05) is 24.7 Å². The molecule has 0 radical (unpaired) electrons. The molecule has 3 aromatic heterocycles. The first-order chi connectivity index (χ1) is 17.2. The molecule has 36 heavy (non-hydrogen) atoms. The van der Waals surface area contributed by atoms with Gasteiger partial charge in [-0.05, 0) is 51.9 Å². The van der Waals surface area contributed by atoms with Crippen LogP contribution in [0.15, 0.2) is 12.4 Å². The third-order valence-electron chi connectivity index (χ3n) is 8.66. The molecule has 11 heteroatoms. The first-order valence-electron chi connectivity index (χ1n) is 12.7. The minimum Gasteiger partial charge on any atom is -0.370 e. The molecule has 5 aliphatic rings. The van der Waals surface area contributed by atoms with Crippen molar-refractivity contribution in [3.05, 3.63) is 35.0 Å². The fourth-order valence-corrected chi connectivity index (χ4v) is 6.26. The Morgan fingerprint density at radius 1 is 1.03 bits per heavy atom. The summed E-state index contributed by atoms with van der Waals surface area (Å²) in [6.07, 6.45) is 2.27. The van der Waals surface area contributed by atoms with Gasteiger partial charge in [-0.1, -0.05) is 0 Å². The lowest BCUT2D eigenvalue weighted by atomic mass is 9.68. The highest BCUT2D eigenvalue weighted by atomic mass is 19.4. The van der Waals surface area contributed by atoms with Crippen LogP contribution in [-0.2, 0) is 4.74 Å². The molecule has 2 atom stereocenters. The summed E-state index contributed by atoms with van der Waals surface area (Å²) in [5, 5.41) is 4.49. The lowest BCUT2D eigenvalue weighted by molar-refractivity contribution is -0.244. The number of ether oxygens (including phenoxy) is 1. The average Bonchev–Trinajstić information content (AvgIpc) is 3.26. The summed E-state index contributed by atoms with van der Waals surface area (Å²) in [6, 6.07) is 0.493. The molecule has 0 aromatic carbocycles. The van der Waals surface area contributed by atoms with E-state index in [4.69, 9.17) is 19.7 Å². The molecule has 1 saturated heterocycles. The number of nitrogens with zero attached hydrogens (tertiary/aromatic N) is 7. The van der Waals surface area contributed by atoms with Crippen molar-refractivity contribution in [1.82, 2.24) is 29.7 Å². The first kappa shape index (κ1) is 22.4. The first-order valence-corrected chi connectivity index (χ1v) is 12.7. The van der Waals surface area contributed by atoms with Crippen molar-refractivity contribution in [2.45, 2.75) is 70.2 Å². The lowest BCUT2D eigenvalue weighted by Gasteiger charge is -2.39. The number of morpholine rings is 1. The second kappa shape index (κ2) is 7.60. The highest BCUT2D eigenvalue weighted by molar-refractivity contribution is 5.75. The molecule has 4 saturated carbocycles. The predicted octanol–water partition coefficient (Wildman–Crippen LogP) is 4.59. The molecule has 2 bridgehead atoms. The Kier molecular flexibility index (Phi) is 4.72. The Morgan fingerprint density at radius 3 is 2.53 bits per heavy atom. The maximum atomic E-state index is 13.8. The topological polar surface area (TPSA) is 81.9 Å². The maximum absolute atomic E-state index is 13.8. The number of aryl methyl sites for hydroxylation is 2.